The summed E-state index contributed by atoms with van der Waals surface area (Å²) >= 11 is 6.50. The van der Waals surface area contributed by atoms with Crippen molar-refractivity contribution in [1.82, 2.24) is 9.78 Å². The lowest BCUT2D eigenvalue weighted by molar-refractivity contribution is -0.329. The van der Waals surface area contributed by atoms with Gasteiger partial charge in [0.1, 0.15) is 5.02 Å². The summed E-state index contributed by atoms with van der Waals surface area (Å²) in [5, 5.41) is 19.7. The number of ether oxygens (including phenoxy) is 2. The second kappa shape index (κ2) is 7.40. The topological polar surface area (TPSA) is 106 Å². The molecule has 0 amide bonds. The summed E-state index contributed by atoms with van der Waals surface area (Å²) < 4.78 is 12.0. The van der Waals surface area contributed by atoms with E-state index in [1.54, 1.807) is 32.4 Å². The molecule has 1 heterocycles. The van der Waals surface area contributed by atoms with E-state index >= 15 is 0 Å². The Bertz CT molecular complexity index is 1130. The fourth-order valence-corrected chi connectivity index (χ4v) is 6.80. The first kappa shape index (κ1) is 21.1. The van der Waals surface area contributed by atoms with Crippen molar-refractivity contribution in [2.75, 3.05) is 19.5 Å². The maximum atomic E-state index is 13.3. The molecule has 1 aromatic heterocycles. The molecule has 0 spiro atoms. The maximum absolute atomic E-state index is 13.3. The molecule has 1 N–H and O–H groups in total. The number of aliphatic carboxylic acids is 1. The standard InChI is InChI=1S/C23H26ClN3O5/c1-31-17-4-3-15(6-18(17)32-2)26-16-11-25-27(20(28)19(16)24)23-9-13-5-14(10-23)8-22(7-13,12-23)21(29)30/h3-4,6,11,13-14,26H,5,7-10,12H2,1-2H3,(H,29,30)/p-1. The fraction of sp³-hybridized carbons (Fsp3) is 0.522. The number of carbonyl (C=O) groups is 1. The molecule has 1 aromatic carbocycles. The molecule has 0 saturated heterocycles. The van der Waals surface area contributed by atoms with Gasteiger partial charge in [-0.1, -0.05) is 11.6 Å². The van der Waals surface area contributed by atoms with Crippen LogP contribution in [0.25, 0.3) is 0 Å². The number of rotatable bonds is 6. The Kier molecular flexibility index (Phi) is 4.89. The zero-order valence-corrected chi connectivity index (χ0v) is 18.8. The average molecular weight is 459 g/mol. The van der Waals surface area contributed by atoms with E-state index in [1.807, 2.05) is 0 Å². The molecular formula is C23H25ClN3O5-. The number of anilines is 2. The van der Waals surface area contributed by atoms with Gasteiger partial charge in [0.05, 0.1) is 31.6 Å². The number of nitrogens with zero attached hydrogens (tertiary/aromatic N) is 2. The van der Waals surface area contributed by atoms with Crippen molar-refractivity contribution < 1.29 is 19.4 Å². The number of nitrogens with one attached hydrogen (secondary N) is 1. The SMILES string of the molecule is COc1ccc(Nc2cnn(C34CC5CC(CC(C(=O)[O-])(C5)C3)C4)c(=O)c2Cl)cc1OC. The van der Waals surface area contributed by atoms with E-state index in [0.717, 1.165) is 19.3 Å². The highest BCUT2D eigenvalue weighted by Crippen LogP contribution is 2.63. The Hall–Kier alpha value is -2.74. The van der Waals surface area contributed by atoms with Gasteiger partial charge in [-0.3, -0.25) is 4.79 Å². The summed E-state index contributed by atoms with van der Waals surface area (Å²) in [6.07, 6.45) is 5.70. The minimum absolute atomic E-state index is 0.0213. The van der Waals surface area contributed by atoms with Crippen LogP contribution in [0.3, 0.4) is 0 Å². The van der Waals surface area contributed by atoms with E-state index in [9.17, 15) is 14.7 Å². The van der Waals surface area contributed by atoms with Crippen molar-refractivity contribution in [3.05, 3.63) is 39.8 Å². The predicted molar refractivity (Wildman–Crippen MR) is 116 cm³/mol. The largest absolute Gasteiger partial charge is 0.550 e. The number of methoxy groups -OCH3 is 2. The molecule has 0 radical (unpaired) electrons. The lowest BCUT2D eigenvalue weighted by Crippen LogP contribution is -2.63. The number of carbonyl (C=O) groups excluding carboxylic acids is 1. The van der Waals surface area contributed by atoms with Crippen LogP contribution in [0.15, 0.2) is 29.2 Å². The molecule has 8 nitrogen and oxygen atoms in total. The van der Waals surface area contributed by atoms with Gasteiger partial charge in [0.15, 0.2) is 11.5 Å². The van der Waals surface area contributed by atoms with Gasteiger partial charge in [-0.05, 0) is 62.5 Å². The van der Waals surface area contributed by atoms with Crippen molar-refractivity contribution in [1.29, 1.82) is 0 Å². The summed E-state index contributed by atoms with van der Waals surface area (Å²) in [7, 11) is 3.10. The predicted octanol–water partition coefficient (Wildman–Crippen LogP) is 2.70. The van der Waals surface area contributed by atoms with Crippen molar-refractivity contribution >= 4 is 28.9 Å². The number of hydrogen-bond donors (Lipinski definition) is 1. The van der Waals surface area contributed by atoms with Gasteiger partial charge in [0.25, 0.3) is 5.56 Å². The molecule has 170 valence electrons. The van der Waals surface area contributed by atoms with Gasteiger partial charge in [0, 0.05) is 23.1 Å². The van der Waals surface area contributed by atoms with Crippen LogP contribution in [0.4, 0.5) is 11.4 Å². The molecule has 4 fully saturated rings. The zero-order chi connectivity index (χ0) is 22.7. The van der Waals surface area contributed by atoms with Crippen LogP contribution in [0.5, 0.6) is 11.5 Å². The van der Waals surface area contributed by atoms with E-state index in [1.165, 1.54) is 10.9 Å². The number of carboxylic acids is 1. The second-order valence-corrected chi connectivity index (χ2v) is 9.92. The number of aromatic nitrogens is 2. The van der Waals surface area contributed by atoms with Crippen LogP contribution in [-0.4, -0.2) is 30.0 Å². The van der Waals surface area contributed by atoms with E-state index in [4.69, 9.17) is 21.1 Å². The molecule has 4 aliphatic rings. The van der Waals surface area contributed by atoms with Crippen LogP contribution in [0.2, 0.25) is 5.02 Å². The highest BCUT2D eigenvalue weighted by Gasteiger charge is 2.60. The highest BCUT2D eigenvalue weighted by molar-refractivity contribution is 6.33. The van der Waals surface area contributed by atoms with Crippen LogP contribution in [-0.2, 0) is 10.3 Å². The minimum Gasteiger partial charge on any atom is -0.550 e. The van der Waals surface area contributed by atoms with E-state index in [2.05, 4.69) is 10.4 Å². The van der Waals surface area contributed by atoms with Crippen molar-refractivity contribution in [3.63, 3.8) is 0 Å². The monoisotopic (exact) mass is 458 g/mol. The molecule has 32 heavy (non-hydrogen) atoms. The van der Waals surface area contributed by atoms with Crippen molar-refractivity contribution in [3.8, 4) is 11.5 Å². The molecule has 9 heteroatoms. The summed E-state index contributed by atoms with van der Waals surface area (Å²) in [4.78, 5) is 25.4. The maximum Gasteiger partial charge on any atom is 0.288 e. The van der Waals surface area contributed by atoms with E-state index < -0.39 is 22.5 Å². The minimum atomic E-state index is -0.998. The van der Waals surface area contributed by atoms with Gasteiger partial charge in [-0.2, -0.15) is 5.10 Å². The average Bonchev–Trinajstić information content (AvgIpc) is 2.75. The Morgan fingerprint density at radius 2 is 1.88 bits per heavy atom. The Morgan fingerprint density at radius 1 is 1.19 bits per heavy atom. The summed E-state index contributed by atoms with van der Waals surface area (Å²) in [5.41, 5.74) is -0.859. The number of carboxylic acid groups (broad SMARTS) is 1. The number of benzene rings is 1. The van der Waals surface area contributed by atoms with Crippen molar-refractivity contribution in [2.24, 2.45) is 17.3 Å². The third-order valence-electron chi connectivity index (χ3n) is 7.49. The number of hydrogen-bond acceptors (Lipinski definition) is 7. The Morgan fingerprint density at radius 3 is 2.50 bits per heavy atom. The summed E-state index contributed by atoms with van der Waals surface area (Å²) in [5.74, 6) is 0.664. The first-order chi connectivity index (χ1) is 15.3. The molecule has 2 atom stereocenters. The van der Waals surface area contributed by atoms with Crippen LogP contribution in [0, 0.1) is 17.3 Å². The van der Waals surface area contributed by atoms with Gasteiger partial charge in [0.2, 0.25) is 0 Å². The van der Waals surface area contributed by atoms with Crippen molar-refractivity contribution in [2.45, 2.75) is 44.1 Å². The van der Waals surface area contributed by atoms with E-state index in [0.29, 0.717) is 42.1 Å². The number of halogens is 1. The third kappa shape index (κ3) is 3.15. The Labute approximate surface area is 190 Å². The molecule has 2 aromatic rings. The van der Waals surface area contributed by atoms with Gasteiger partial charge in [-0.25, -0.2) is 4.68 Å². The van der Waals surface area contributed by atoms with Gasteiger partial charge < -0.3 is 24.7 Å². The van der Waals surface area contributed by atoms with Crippen LogP contribution < -0.4 is 25.5 Å². The first-order valence-electron chi connectivity index (χ1n) is 10.8. The summed E-state index contributed by atoms with van der Waals surface area (Å²) in [6.45, 7) is 0. The molecule has 0 aliphatic heterocycles. The molecule has 4 aliphatic carbocycles. The third-order valence-corrected chi connectivity index (χ3v) is 7.86. The first-order valence-corrected chi connectivity index (χ1v) is 11.2. The molecule has 6 rings (SSSR count). The Balaban J connectivity index is 1.49. The van der Waals surface area contributed by atoms with Gasteiger partial charge in [-0.15, -0.1) is 0 Å². The molecule has 4 saturated carbocycles. The fourth-order valence-electron chi connectivity index (χ4n) is 6.63. The lowest BCUT2D eigenvalue weighted by atomic mass is 9.47. The molecular weight excluding hydrogens is 434 g/mol. The second-order valence-electron chi connectivity index (χ2n) is 9.54. The van der Waals surface area contributed by atoms with E-state index in [-0.39, 0.29) is 16.9 Å². The van der Waals surface area contributed by atoms with Gasteiger partial charge >= 0.3 is 0 Å². The lowest BCUT2D eigenvalue weighted by Gasteiger charge is -2.62. The normalized spacial score (nSPS) is 30.2. The zero-order valence-electron chi connectivity index (χ0n) is 18.0. The summed E-state index contributed by atoms with van der Waals surface area (Å²) in [6, 6.07) is 5.27. The van der Waals surface area contributed by atoms with Crippen LogP contribution in [0.1, 0.15) is 38.5 Å². The quantitative estimate of drug-likeness (QED) is 0.709. The molecule has 4 bridgehead atoms. The van der Waals surface area contributed by atoms with Crippen LogP contribution >= 0.6 is 11.6 Å². The molecule has 2 unspecified atom stereocenters. The smallest absolute Gasteiger partial charge is 0.288 e. The highest BCUT2D eigenvalue weighted by atomic mass is 35.5.